The molecule has 1 N–H and O–H groups in total. The number of ketones is 1. The normalized spacial score (nSPS) is 18.3. The number of carbonyl (C=O) groups is 2. The van der Waals surface area contributed by atoms with Crippen LogP contribution in [0, 0.1) is 36.0 Å². The molecule has 52 heavy (non-hydrogen) atoms. The number of benzene rings is 2. The van der Waals surface area contributed by atoms with E-state index in [-0.39, 0.29) is 17.6 Å². The Hall–Kier alpha value is -4.43. The minimum absolute atomic E-state index is 0.121. The Labute approximate surface area is 305 Å². The fourth-order valence-corrected chi connectivity index (χ4v) is 8.14. The van der Waals surface area contributed by atoms with Crippen molar-refractivity contribution in [2.24, 2.45) is 17.8 Å². The molecule has 1 aromatic heterocycles. The number of nitrogens with one attached hydrogen (secondary N) is 1. The molecule has 0 saturated carbocycles. The quantitative estimate of drug-likeness (QED) is 0.214. The fraction of sp³-hybridized carbons (Fsp3) is 0.512. The fourth-order valence-electron chi connectivity index (χ4n) is 8.14. The van der Waals surface area contributed by atoms with E-state index < -0.39 is 17.3 Å². The number of likely N-dealkylation sites (tertiary alicyclic amines) is 1. The minimum atomic E-state index is -4.60. The van der Waals surface area contributed by atoms with E-state index in [0.29, 0.717) is 43.4 Å². The lowest BCUT2D eigenvalue weighted by Crippen LogP contribution is -2.41. The molecule has 276 valence electrons. The van der Waals surface area contributed by atoms with Gasteiger partial charge >= 0.3 is 6.18 Å². The molecule has 4 heterocycles. The molecule has 3 aliphatic heterocycles. The van der Waals surface area contributed by atoms with Crippen LogP contribution in [0.25, 0.3) is 0 Å². The molecule has 1 amide bonds. The smallest absolute Gasteiger partial charge is 0.372 e. The second-order valence-corrected chi connectivity index (χ2v) is 14.9. The van der Waals surface area contributed by atoms with E-state index in [9.17, 15) is 22.8 Å². The zero-order valence-corrected chi connectivity index (χ0v) is 30.2. The summed E-state index contributed by atoms with van der Waals surface area (Å²) in [5, 5.41) is 12.0. The monoisotopic (exact) mass is 714 g/mol. The van der Waals surface area contributed by atoms with Gasteiger partial charge in [0, 0.05) is 61.8 Å². The van der Waals surface area contributed by atoms with Crippen molar-refractivity contribution in [3.8, 4) is 6.07 Å². The van der Waals surface area contributed by atoms with Crippen molar-refractivity contribution in [3.05, 3.63) is 82.5 Å². The zero-order valence-electron chi connectivity index (χ0n) is 30.2. The average molecular weight is 715 g/mol. The third-order valence-electron chi connectivity index (χ3n) is 11.4. The summed E-state index contributed by atoms with van der Waals surface area (Å²) >= 11 is 0. The van der Waals surface area contributed by atoms with E-state index in [4.69, 9.17) is 5.26 Å². The number of aryl methyl sites for hydroxylation is 2. The first-order valence-corrected chi connectivity index (χ1v) is 18.7. The molecule has 6 rings (SSSR count). The number of amides is 1. The number of rotatable bonds is 10. The molecule has 0 radical (unpaired) electrons. The predicted molar refractivity (Wildman–Crippen MR) is 198 cm³/mol. The van der Waals surface area contributed by atoms with Gasteiger partial charge in [-0.25, -0.2) is 4.98 Å². The highest BCUT2D eigenvalue weighted by Gasteiger charge is 2.35. The summed E-state index contributed by atoms with van der Waals surface area (Å²) in [6, 6.07) is 15.5. The van der Waals surface area contributed by atoms with Gasteiger partial charge in [0.2, 0.25) is 5.91 Å². The van der Waals surface area contributed by atoms with Crippen LogP contribution < -0.4 is 15.1 Å². The number of alkyl halides is 3. The molecule has 3 saturated heterocycles. The summed E-state index contributed by atoms with van der Waals surface area (Å²) in [4.78, 5) is 36.3. The molecule has 2 aromatic carbocycles. The Morgan fingerprint density at radius 3 is 2.10 bits per heavy atom. The number of nitrogens with zero attached hydrogens (tertiary/aromatic N) is 5. The molecule has 0 spiro atoms. The lowest BCUT2D eigenvalue weighted by molar-refractivity contribution is -0.137. The SMILES string of the molecule is CC(=O)c1ccc(N2CCC(CN3CCC(CCc4ccc(NC(=O)C5CCN(c6ccc(C#N)c(C(F)(F)F)c6)CC5)nc4)CC3)CC2)cc1C. The van der Waals surface area contributed by atoms with E-state index in [1.165, 1.54) is 50.0 Å². The van der Waals surface area contributed by atoms with Gasteiger partial charge in [0.25, 0.3) is 0 Å². The van der Waals surface area contributed by atoms with Crippen LogP contribution in [-0.4, -0.2) is 67.4 Å². The summed E-state index contributed by atoms with van der Waals surface area (Å²) in [5.74, 6) is 1.69. The Balaban J connectivity index is 0.875. The van der Waals surface area contributed by atoms with Gasteiger partial charge in [-0.2, -0.15) is 18.4 Å². The van der Waals surface area contributed by atoms with Crippen LogP contribution in [0.2, 0.25) is 0 Å². The summed E-state index contributed by atoms with van der Waals surface area (Å²) < 4.78 is 40.3. The number of halogens is 3. The van der Waals surface area contributed by atoms with Crippen LogP contribution in [0.1, 0.15) is 84.5 Å². The van der Waals surface area contributed by atoms with Crippen molar-refractivity contribution in [2.75, 3.05) is 60.9 Å². The van der Waals surface area contributed by atoms with Gasteiger partial charge in [-0.15, -0.1) is 0 Å². The maximum Gasteiger partial charge on any atom is 0.417 e. The van der Waals surface area contributed by atoms with E-state index >= 15 is 0 Å². The molecular weight excluding hydrogens is 665 g/mol. The Kier molecular flexibility index (Phi) is 11.8. The van der Waals surface area contributed by atoms with Crippen molar-refractivity contribution in [1.82, 2.24) is 9.88 Å². The summed E-state index contributed by atoms with van der Waals surface area (Å²) in [5.41, 5.74) is 3.33. The second-order valence-electron chi connectivity index (χ2n) is 14.9. The Bertz CT molecular complexity index is 1750. The number of aromatic nitrogens is 1. The van der Waals surface area contributed by atoms with Crippen molar-refractivity contribution in [3.63, 3.8) is 0 Å². The number of piperidine rings is 3. The number of nitriles is 1. The third kappa shape index (κ3) is 9.32. The summed E-state index contributed by atoms with van der Waals surface area (Å²) in [6.45, 7) is 10.2. The summed E-state index contributed by atoms with van der Waals surface area (Å²) in [6.07, 6.45) is 5.20. The van der Waals surface area contributed by atoms with Gasteiger partial charge in [-0.3, -0.25) is 9.59 Å². The first-order chi connectivity index (χ1) is 25.0. The van der Waals surface area contributed by atoms with E-state index in [1.807, 2.05) is 36.2 Å². The molecule has 8 nitrogen and oxygen atoms in total. The summed E-state index contributed by atoms with van der Waals surface area (Å²) in [7, 11) is 0. The lowest BCUT2D eigenvalue weighted by Gasteiger charge is -2.38. The van der Waals surface area contributed by atoms with Gasteiger partial charge in [0.05, 0.1) is 17.2 Å². The highest BCUT2D eigenvalue weighted by molar-refractivity contribution is 5.96. The zero-order chi connectivity index (χ0) is 36.8. The van der Waals surface area contributed by atoms with Gasteiger partial charge in [0.1, 0.15) is 5.82 Å². The maximum atomic E-state index is 13.4. The van der Waals surface area contributed by atoms with Gasteiger partial charge < -0.3 is 20.0 Å². The Morgan fingerprint density at radius 2 is 1.50 bits per heavy atom. The lowest BCUT2D eigenvalue weighted by atomic mass is 9.89. The van der Waals surface area contributed by atoms with E-state index in [2.05, 4.69) is 32.2 Å². The van der Waals surface area contributed by atoms with Crippen LogP contribution >= 0.6 is 0 Å². The standard InChI is InChI=1S/C41H49F3N6O2/c1-28-23-35(8-9-37(28)29(2)51)49-19-13-32(14-20-49)27-48-17-11-30(12-18-48)3-4-31-5-10-39(46-26-31)47-40(52)33-15-21-50(22-16-33)36-7-6-34(25-45)38(24-36)41(42,43)44/h5-10,23-24,26,30,32-33H,3-4,11-22,27H2,1-2H3,(H,46,47,52). The minimum Gasteiger partial charge on any atom is -0.372 e. The van der Waals surface area contributed by atoms with Crippen LogP contribution in [0.3, 0.4) is 0 Å². The molecule has 3 fully saturated rings. The molecule has 3 aromatic rings. The number of Topliss-reactive ketones (excluding diaryl/α,β-unsaturated/α-hetero) is 1. The topological polar surface area (TPSA) is 92.6 Å². The highest BCUT2D eigenvalue weighted by Crippen LogP contribution is 2.36. The molecule has 0 unspecified atom stereocenters. The van der Waals surface area contributed by atoms with Crippen molar-refractivity contribution in [2.45, 2.75) is 71.4 Å². The third-order valence-corrected chi connectivity index (χ3v) is 11.4. The average Bonchev–Trinajstić information content (AvgIpc) is 3.14. The number of anilines is 3. The first-order valence-electron chi connectivity index (χ1n) is 18.7. The van der Waals surface area contributed by atoms with Crippen LogP contribution in [0.4, 0.5) is 30.4 Å². The maximum absolute atomic E-state index is 13.4. The van der Waals surface area contributed by atoms with E-state index in [0.717, 1.165) is 67.7 Å². The first kappa shape index (κ1) is 37.3. The van der Waals surface area contributed by atoms with Crippen molar-refractivity contribution < 1.29 is 22.8 Å². The van der Waals surface area contributed by atoms with Gasteiger partial charge in [0.15, 0.2) is 5.78 Å². The van der Waals surface area contributed by atoms with Crippen molar-refractivity contribution >= 4 is 28.9 Å². The molecule has 0 atom stereocenters. The Morgan fingerprint density at radius 1 is 0.865 bits per heavy atom. The van der Waals surface area contributed by atoms with Gasteiger partial charge in [-0.05, 0) is 144 Å². The molecular formula is C41H49F3N6O2. The number of carbonyl (C=O) groups excluding carboxylic acids is 2. The van der Waals surface area contributed by atoms with Crippen molar-refractivity contribution in [1.29, 1.82) is 5.26 Å². The predicted octanol–water partition coefficient (Wildman–Crippen LogP) is 7.90. The number of pyridine rings is 1. The molecule has 0 bridgehead atoms. The van der Waals surface area contributed by atoms with Crippen LogP contribution in [0.5, 0.6) is 0 Å². The van der Waals surface area contributed by atoms with Crippen LogP contribution in [-0.2, 0) is 17.4 Å². The van der Waals surface area contributed by atoms with E-state index in [1.54, 1.807) is 13.0 Å². The second kappa shape index (κ2) is 16.5. The number of hydrogen-bond acceptors (Lipinski definition) is 7. The molecule has 11 heteroatoms. The molecule has 3 aliphatic rings. The highest BCUT2D eigenvalue weighted by atomic mass is 19.4. The largest absolute Gasteiger partial charge is 0.417 e. The van der Waals surface area contributed by atoms with Crippen LogP contribution in [0.15, 0.2) is 54.7 Å². The number of hydrogen-bond donors (Lipinski definition) is 1. The van der Waals surface area contributed by atoms with Gasteiger partial charge in [-0.1, -0.05) is 6.07 Å². The molecule has 0 aliphatic carbocycles.